The third kappa shape index (κ3) is 13.5. The molecule has 12 N–H and O–H groups in total. The summed E-state index contributed by atoms with van der Waals surface area (Å²) in [5.41, 5.74) is 8.68. The number of esters is 3. The van der Waals surface area contributed by atoms with Gasteiger partial charge in [-0.15, -0.1) is 0 Å². The second-order valence-corrected chi connectivity index (χ2v) is 17.1. The number of ether oxygens (including phenoxy) is 5. The number of likely N-dealkylation sites (N-methyl/N-ethyl adjacent to an activating group) is 1. The molecular weight excluding hydrogens is 970 g/mol. The first-order valence-electron chi connectivity index (χ1n) is 21.4. The average Bonchev–Trinajstić information content (AvgIpc) is 4.09. The largest absolute Gasteiger partial charge is 0.465 e. The van der Waals surface area contributed by atoms with E-state index in [1.807, 2.05) is 12.1 Å². The molecule has 1 unspecified atom stereocenters. The van der Waals surface area contributed by atoms with E-state index in [0.717, 1.165) is 6.33 Å². The molecule has 28 nitrogen and oxygen atoms in total. The first kappa shape index (κ1) is 64.0. The van der Waals surface area contributed by atoms with Crippen molar-refractivity contribution in [3.8, 4) is 12.1 Å². The average molecular weight is 1040 g/mol. The van der Waals surface area contributed by atoms with Crippen molar-refractivity contribution in [2.75, 3.05) is 51.5 Å². The Morgan fingerprint density at radius 2 is 1.11 bits per heavy atom. The minimum absolute atomic E-state index is 0. The molecule has 0 saturated carbocycles. The molecule has 0 aromatic carbocycles. The van der Waals surface area contributed by atoms with Gasteiger partial charge in [0.05, 0.1) is 44.4 Å². The number of nitrogens with zero attached hydrogens (tertiary/aromatic N) is 8. The van der Waals surface area contributed by atoms with Gasteiger partial charge >= 0.3 is 25.6 Å². The van der Waals surface area contributed by atoms with Gasteiger partial charge < -0.3 is 70.5 Å². The number of rotatable bonds is 17. The topological polar surface area (TPSA) is 421 Å². The molecule has 0 spiro atoms. The van der Waals surface area contributed by atoms with Crippen LogP contribution in [0.15, 0.2) is 36.9 Å². The molecule has 2 saturated heterocycles. The van der Waals surface area contributed by atoms with E-state index in [1.165, 1.54) is 47.4 Å². The first-order valence-corrected chi connectivity index (χ1v) is 23.0. The number of carbonyl (C=O) groups excluding carboxylic acids is 3. The zero-order chi connectivity index (χ0) is 51.4. The van der Waals surface area contributed by atoms with Crippen molar-refractivity contribution in [2.24, 2.45) is 0 Å². The van der Waals surface area contributed by atoms with Gasteiger partial charge in [0.15, 0.2) is 11.6 Å². The molecule has 2 aliphatic heterocycles. The SMILES string of the molecule is C.C.C.CCOC(=O)C(C)NC.CCOC(=O)[C@H](C)NP(=O)(N[C@@H](C)C(=O)OCC)OC[C@H]1O[C@@](C#N)(c2ccc3c(N)ncnn23)[C@H](O)[C@@H]1O.N#C[C@@]1(c2ccc3c(N)ncnn23)O[C@H](CO)[C@@H](O)[C@H]1O. The third-order valence-corrected chi connectivity index (χ3v) is 12.6. The number of hydrogen-bond donors (Lipinski definition) is 10. The summed E-state index contributed by atoms with van der Waals surface area (Å²) in [4.78, 5) is 42.7. The van der Waals surface area contributed by atoms with E-state index in [-0.39, 0.29) is 70.5 Å². The number of hydrogen-bond acceptors (Lipinski definition) is 24. The van der Waals surface area contributed by atoms with Gasteiger partial charge in [-0.05, 0) is 72.9 Å². The van der Waals surface area contributed by atoms with E-state index in [1.54, 1.807) is 40.8 Å². The van der Waals surface area contributed by atoms with Crippen LogP contribution >= 0.6 is 7.67 Å². The lowest BCUT2D eigenvalue weighted by Crippen LogP contribution is -2.43. The number of nitrogens with two attached hydrogens (primary N) is 2. The molecule has 4 aromatic heterocycles. The van der Waals surface area contributed by atoms with Crippen LogP contribution < -0.4 is 27.0 Å². The van der Waals surface area contributed by atoms with Crippen molar-refractivity contribution in [3.05, 3.63) is 48.3 Å². The monoisotopic (exact) mass is 1040 g/mol. The fourth-order valence-electron chi connectivity index (χ4n) is 6.94. The smallest absolute Gasteiger partial charge is 0.342 e. The van der Waals surface area contributed by atoms with E-state index in [4.69, 9.17) is 39.7 Å². The number of aliphatic hydroxyl groups is 5. The Morgan fingerprint density at radius 3 is 1.46 bits per heavy atom. The number of carbonyl (C=O) groups is 3. The summed E-state index contributed by atoms with van der Waals surface area (Å²) in [6, 6.07) is 7.36. The molecule has 2 aliphatic rings. The highest BCUT2D eigenvalue weighted by Crippen LogP contribution is 2.45. The maximum absolute atomic E-state index is 13.7. The van der Waals surface area contributed by atoms with Crippen LogP contribution in [-0.4, -0.2) is 167 Å². The first-order chi connectivity index (χ1) is 32.7. The fraction of sp³-hybridized carbons (Fsp3) is 0.605. The predicted octanol–water partition coefficient (Wildman–Crippen LogP) is -0.433. The van der Waals surface area contributed by atoms with Crippen molar-refractivity contribution < 1.29 is 72.7 Å². The van der Waals surface area contributed by atoms with Gasteiger partial charge in [-0.1, -0.05) is 22.3 Å². The summed E-state index contributed by atoms with van der Waals surface area (Å²) in [5, 5.41) is 86.3. The standard InChI is InChI=1S/C22H32N7O9P.C12H13N5O4.C6H13NO2.3CH4/c1-5-35-20(32)12(3)27-39(34,28-13(4)21(33)36-6-2)37-9-15-17(30)18(31)22(10-23,38-15)16-8-7-14-19(24)25-11-26-29(14)16;13-4-12(10(20)9(19)7(3-18)21-12)8-2-1-6-11(14)15-5-16-17(6)8;1-4-9-6(8)5(2)7-3;;;/h7-8,11-13,15,17-18,30-31H,5-6,9H2,1-4H3,(H2,24,25,26)(H2,27,28,34);1-2,5,7,9-10,18-20H,3H2,(H2,14,15,16);5,7H,4H2,1-3H3;3*1H4/t12-,13-,15+,17+,18+,22-;7-,9-,10-,12+;;;;/m01..../s1. The van der Waals surface area contributed by atoms with Crippen LogP contribution in [0.2, 0.25) is 0 Å². The van der Waals surface area contributed by atoms with Gasteiger partial charge in [-0.3, -0.25) is 18.9 Å². The lowest BCUT2D eigenvalue weighted by atomic mass is 9.92. The molecule has 4 aromatic rings. The molecular formula is C43H70N13O15P. The normalized spacial score (nSPS) is 24.4. The van der Waals surface area contributed by atoms with Crippen LogP contribution in [0, 0.1) is 22.7 Å². The molecule has 402 valence electrons. The summed E-state index contributed by atoms with van der Waals surface area (Å²) in [6.45, 7) is 8.94. The second-order valence-electron chi connectivity index (χ2n) is 15.2. The molecule has 0 amide bonds. The minimum atomic E-state index is -4.24. The number of nitriles is 2. The van der Waals surface area contributed by atoms with Gasteiger partial charge in [-0.2, -0.15) is 20.7 Å². The number of nitrogens with one attached hydrogen (secondary N) is 3. The van der Waals surface area contributed by atoms with E-state index in [2.05, 4.69) is 35.7 Å². The highest BCUT2D eigenvalue weighted by molar-refractivity contribution is 7.54. The van der Waals surface area contributed by atoms with Crippen molar-refractivity contribution in [1.82, 2.24) is 44.7 Å². The molecule has 29 heteroatoms. The molecule has 11 atom stereocenters. The number of aromatic nitrogens is 6. The van der Waals surface area contributed by atoms with E-state index in [0.29, 0.717) is 17.6 Å². The number of aliphatic hydroxyl groups excluding tert-OH is 5. The number of anilines is 2. The highest BCUT2D eigenvalue weighted by atomic mass is 31.2. The third-order valence-electron chi connectivity index (χ3n) is 10.7. The van der Waals surface area contributed by atoms with Crippen LogP contribution in [0.25, 0.3) is 11.0 Å². The van der Waals surface area contributed by atoms with E-state index in [9.17, 15) is 55.0 Å². The molecule has 0 radical (unpaired) electrons. The van der Waals surface area contributed by atoms with Crippen molar-refractivity contribution >= 4 is 48.2 Å². The number of fused-ring (bicyclic) bond motifs is 2. The van der Waals surface area contributed by atoms with Crippen LogP contribution in [0.4, 0.5) is 11.6 Å². The lowest BCUT2D eigenvalue weighted by Gasteiger charge is -2.27. The van der Waals surface area contributed by atoms with Crippen molar-refractivity contribution in [1.29, 1.82) is 10.5 Å². The molecule has 72 heavy (non-hydrogen) atoms. The maximum atomic E-state index is 13.7. The predicted molar refractivity (Wildman–Crippen MR) is 258 cm³/mol. The van der Waals surface area contributed by atoms with Crippen LogP contribution in [-0.2, 0) is 58.4 Å². The van der Waals surface area contributed by atoms with Crippen LogP contribution in [0.1, 0.15) is 75.2 Å². The van der Waals surface area contributed by atoms with Gasteiger partial charge in [0.25, 0.3) is 0 Å². The summed E-state index contributed by atoms with van der Waals surface area (Å²) < 4.78 is 47.6. The van der Waals surface area contributed by atoms with Crippen LogP contribution in [0.5, 0.6) is 0 Å². The zero-order valence-electron chi connectivity index (χ0n) is 38.7. The van der Waals surface area contributed by atoms with Crippen LogP contribution in [0.3, 0.4) is 0 Å². The summed E-state index contributed by atoms with van der Waals surface area (Å²) in [5.74, 6) is -1.34. The summed E-state index contributed by atoms with van der Waals surface area (Å²) in [6.07, 6.45) is -6.46. The van der Waals surface area contributed by atoms with Gasteiger partial charge in [-0.25, -0.2) is 29.2 Å². The Hall–Kier alpha value is -5.98. The maximum Gasteiger partial charge on any atom is 0.342 e. The Bertz CT molecular complexity index is 2510. The Labute approximate surface area is 417 Å². The summed E-state index contributed by atoms with van der Waals surface area (Å²) in [7, 11) is -2.52. The minimum Gasteiger partial charge on any atom is -0.465 e. The summed E-state index contributed by atoms with van der Waals surface area (Å²) >= 11 is 0. The highest BCUT2D eigenvalue weighted by Gasteiger charge is 2.59. The second kappa shape index (κ2) is 27.7. The number of nitrogen functional groups attached to an aromatic ring is 2. The zero-order valence-corrected chi connectivity index (χ0v) is 39.6. The molecule has 6 heterocycles. The van der Waals surface area contributed by atoms with Crippen molar-refractivity contribution in [2.45, 2.75) is 130 Å². The fourth-order valence-corrected chi connectivity index (χ4v) is 8.75. The lowest BCUT2D eigenvalue weighted by molar-refractivity contribution is -0.145. The van der Waals surface area contributed by atoms with Gasteiger partial charge in [0.1, 0.15) is 90.6 Å². The Morgan fingerprint density at radius 1 is 0.736 bits per heavy atom. The van der Waals surface area contributed by atoms with Gasteiger partial charge in [0, 0.05) is 0 Å². The quantitative estimate of drug-likeness (QED) is 0.0364. The molecule has 2 fully saturated rings. The van der Waals surface area contributed by atoms with E-state index >= 15 is 0 Å². The van der Waals surface area contributed by atoms with Crippen molar-refractivity contribution in [3.63, 3.8) is 0 Å². The Balaban J connectivity index is 0.000000655. The molecule has 0 bridgehead atoms. The molecule has 6 rings (SSSR count). The van der Waals surface area contributed by atoms with E-state index < -0.39 is 92.7 Å². The Kier molecular flexibility index (Phi) is 24.7. The molecule has 0 aliphatic carbocycles. The van der Waals surface area contributed by atoms with Gasteiger partial charge in [0.2, 0.25) is 11.2 Å².